The van der Waals surface area contributed by atoms with Gasteiger partial charge in [0, 0.05) is 23.8 Å². The van der Waals surface area contributed by atoms with Gasteiger partial charge in [0.15, 0.2) is 0 Å². The summed E-state index contributed by atoms with van der Waals surface area (Å²) in [7, 11) is 0. The highest BCUT2D eigenvalue weighted by atomic mass is 32.1. The second-order valence-electron chi connectivity index (χ2n) is 7.44. The van der Waals surface area contributed by atoms with E-state index in [0.29, 0.717) is 5.92 Å². The number of benzene rings is 2. The van der Waals surface area contributed by atoms with Crippen molar-refractivity contribution in [3.05, 3.63) is 95.0 Å². The second-order valence-corrected chi connectivity index (χ2v) is 8.35. The lowest BCUT2D eigenvalue weighted by atomic mass is 10.1. The SMILES string of the molecule is O=C(Nc1ccc(Cc2ccnc3ccsc23)cc1)NC1CC1c1ccccc1. The Hall–Kier alpha value is -3.18. The van der Waals surface area contributed by atoms with Crippen molar-refractivity contribution < 1.29 is 4.79 Å². The molecule has 5 heteroatoms. The maximum absolute atomic E-state index is 12.3. The van der Waals surface area contributed by atoms with Crippen LogP contribution in [0.1, 0.15) is 29.0 Å². The molecule has 4 aromatic rings. The van der Waals surface area contributed by atoms with E-state index in [0.717, 1.165) is 24.0 Å². The molecule has 2 amide bonds. The van der Waals surface area contributed by atoms with Gasteiger partial charge in [-0.25, -0.2) is 4.79 Å². The first kappa shape index (κ1) is 17.9. The first-order chi connectivity index (χ1) is 14.3. The van der Waals surface area contributed by atoms with Crippen molar-refractivity contribution in [1.29, 1.82) is 0 Å². The number of urea groups is 1. The van der Waals surface area contributed by atoms with E-state index in [9.17, 15) is 4.79 Å². The third kappa shape index (κ3) is 4.00. The zero-order chi connectivity index (χ0) is 19.6. The summed E-state index contributed by atoms with van der Waals surface area (Å²) in [5.74, 6) is 0.429. The number of amides is 2. The van der Waals surface area contributed by atoms with Crippen LogP contribution in [0, 0.1) is 0 Å². The molecule has 5 rings (SSSR count). The molecule has 0 saturated heterocycles. The molecule has 0 radical (unpaired) electrons. The third-order valence-electron chi connectivity index (χ3n) is 5.37. The van der Waals surface area contributed by atoms with Gasteiger partial charge in [0.2, 0.25) is 0 Å². The zero-order valence-electron chi connectivity index (χ0n) is 15.8. The lowest BCUT2D eigenvalue weighted by molar-refractivity contribution is 0.251. The van der Waals surface area contributed by atoms with Crippen molar-refractivity contribution in [2.45, 2.75) is 24.8 Å². The summed E-state index contributed by atoms with van der Waals surface area (Å²) in [5, 5.41) is 8.09. The van der Waals surface area contributed by atoms with E-state index < -0.39 is 0 Å². The zero-order valence-corrected chi connectivity index (χ0v) is 16.7. The molecule has 4 nitrogen and oxygen atoms in total. The minimum atomic E-state index is -0.143. The van der Waals surface area contributed by atoms with Crippen molar-refractivity contribution in [3.8, 4) is 0 Å². The number of carbonyl (C=O) groups is 1. The Balaban J connectivity index is 1.18. The molecule has 2 N–H and O–H groups in total. The Labute approximate surface area is 173 Å². The monoisotopic (exact) mass is 399 g/mol. The van der Waals surface area contributed by atoms with Gasteiger partial charge >= 0.3 is 6.03 Å². The van der Waals surface area contributed by atoms with Crippen LogP contribution in [-0.2, 0) is 6.42 Å². The Bertz CT molecular complexity index is 1140. The number of nitrogens with one attached hydrogen (secondary N) is 2. The van der Waals surface area contributed by atoms with E-state index in [1.165, 1.54) is 21.4 Å². The molecule has 1 fully saturated rings. The molecule has 2 heterocycles. The van der Waals surface area contributed by atoms with Crippen molar-refractivity contribution in [1.82, 2.24) is 10.3 Å². The molecule has 144 valence electrons. The van der Waals surface area contributed by atoms with E-state index in [-0.39, 0.29) is 12.1 Å². The Kier molecular flexibility index (Phi) is 4.74. The molecule has 2 aromatic heterocycles. The number of rotatable bonds is 5. The molecular weight excluding hydrogens is 378 g/mol. The number of nitrogens with zero attached hydrogens (tertiary/aromatic N) is 1. The number of carbonyl (C=O) groups excluding carboxylic acids is 1. The predicted molar refractivity (Wildman–Crippen MR) is 119 cm³/mol. The van der Waals surface area contributed by atoms with Gasteiger partial charge in [-0.1, -0.05) is 42.5 Å². The van der Waals surface area contributed by atoms with Gasteiger partial charge in [0.1, 0.15) is 0 Å². The topological polar surface area (TPSA) is 54.0 Å². The van der Waals surface area contributed by atoms with Gasteiger partial charge in [-0.15, -0.1) is 11.3 Å². The number of hydrogen-bond donors (Lipinski definition) is 2. The second kappa shape index (κ2) is 7.68. The van der Waals surface area contributed by atoms with Gasteiger partial charge in [0.25, 0.3) is 0 Å². The Morgan fingerprint density at radius 1 is 1.03 bits per heavy atom. The van der Waals surface area contributed by atoms with Crippen LogP contribution in [0.15, 0.2) is 78.3 Å². The van der Waals surface area contributed by atoms with Crippen molar-refractivity contribution in [3.63, 3.8) is 0 Å². The van der Waals surface area contributed by atoms with Crippen molar-refractivity contribution >= 4 is 33.3 Å². The molecule has 1 aliphatic rings. The molecule has 29 heavy (non-hydrogen) atoms. The van der Waals surface area contributed by atoms with Gasteiger partial charge in [-0.2, -0.15) is 0 Å². The molecule has 2 unspecified atom stereocenters. The molecule has 0 spiro atoms. The number of thiophene rings is 1. The first-order valence-electron chi connectivity index (χ1n) is 9.79. The van der Waals surface area contributed by atoms with Crippen LogP contribution in [0.4, 0.5) is 10.5 Å². The number of anilines is 1. The van der Waals surface area contributed by atoms with Crippen LogP contribution < -0.4 is 10.6 Å². The van der Waals surface area contributed by atoms with Gasteiger partial charge < -0.3 is 10.6 Å². The normalized spacial score (nSPS) is 17.8. The largest absolute Gasteiger partial charge is 0.334 e. The van der Waals surface area contributed by atoms with E-state index in [2.05, 4.69) is 57.4 Å². The van der Waals surface area contributed by atoms with Gasteiger partial charge in [0.05, 0.1) is 10.2 Å². The average Bonchev–Trinajstić information content (AvgIpc) is 3.32. The van der Waals surface area contributed by atoms with Crippen LogP contribution in [0.5, 0.6) is 0 Å². The molecule has 2 aromatic carbocycles. The standard InChI is InChI=1S/C24H21N3OS/c28-24(27-22-15-20(22)17-4-2-1-3-5-17)26-19-8-6-16(7-9-19)14-18-10-12-25-21-11-13-29-23(18)21/h1-13,20,22H,14-15H2,(H2,26,27,28). The Morgan fingerprint density at radius 3 is 2.69 bits per heavy atom. The highest BCUT2D eigenvalue weighted by Gasteiger charge is 2.39. The summed E-state index contributed by atoms with van der Waals surface area (Å²) in [6.45, 7) is 0. The highest BCUT2D eigenvalue weighted by molar-refractivity contribution is 7.17. The predicted octanol–water partition coefficient (Wildman–Crippen LogP) is 5.56. The van der Waals surface area contributed by atoms with E-state index >= 15 is 0 Å². The van der Waals surface area contributed by atoms with Gasteiger partial charge in [-0.3, -0.25) is 4.98 Å². The van der Waals surface area contributed by atoms with Crippen LogP contribution in [0.2, 0.25) is 0 Å². The molecule has 0 bridgehead atoms. The van der Waals surface area contributed by atoms with E-state index in [1.54, 1.807) is 11.3 Å². The fourth-order valence-corrected chi connectivity index (χ4v) is 4.62. The molecule has 1 aliphatic carbocycles. The smallest absolute Gasteiger partial charge is 0.319 e. The molecule has 2 atom stereocenters. The van der Waals surface area contributed by atoms with Crippen LogP contribution in [0.25, 0.3) is 10.2 Å². The first-order valence-corrected chi connectivity index (χ1v) is 10.7. The van der Waals surface area contributed by atoms with E-state index in [1.807, 2.05) is 36.5 Å². The lowest BCUT2D eigenvalue weighted by Gasteiger charge is -2.09. The average molecular weight is 400 g/mol. The quantitative estimate of drug-likeness (QED) is 0.461. The lowest BCUT2D eigenvalue weighted by Crippen LogP contribution is -2.31. The fraction of sp³-hybridized carbons (Fsp3) is 0.167. The van der Waals surface area contributed by atoms with Crippen molar-refractivity contribution in [2.24, 2.45) is 0 Å². The van der Waals surface area contributed by atoms with Crippen LogP contribution in [-0.4, -0.2) is 17.1 Å². The van der Waals surface area contributed by atoms with E-state index in [4.69, 9.17) is 0 Å². The molecule has 1 saturated carbocycles. The maximum Gasteiger partial charge on any atom is 0.319 e. The minimum Gasteiger partial charge on any atom is -0.334 e. The number of aromatic nitrogens is 1. The molecule has 0 aliphatic heterocycles. The highest BCUT2D eigenvalue weighted by Crippen LogP contribution is 2.40. The summed E-state index contributed by atoms with van der Waals surface area (Å²) >= 11 is 1.73. The minimum absolute atomic E-state index is 0.143. The summed E-state index contributed by atoms with van der Waals surface area (Å²) in [6, 6.07) is 22.6. The van der Waals surface area contributed by atoms with Crippen LogP contribution in [0.3, 0.4) is 0 Å². The number of fused-ring (bicyclic) bond motifs is 1. The Morgan fingerprint density at radius 2 is 1.86 bits per heavy atom. The summed E-state index contributed by atoms with van der Waals surface area (Å²) in [4.78, 5) is 16.7. The van der Waals surface area contributed by atoms with Crippen molar-refractivity contribution in [2.75, 3.05) is 5.32 Å². The van der Waals surface area contributed by atoms with Crippen LogP contribution >= 0.6 is 11.3 Å². The number of pyridine rings is 1. The van der Waals surface area contributed by atoms with Gasteiger partial charge in [-0.05, 0) is 59.2 Å². The number of hydrogen-bond acceptors (Lipinski definition) is 3. The summed E-state index contributed by atoms with van der Waals surface area (Å²) in [5.41, 5.74) is 5.64. The maximum atomic E-state index is 12.3. The molecular formula is C24H21N3OS. The fourth-order valence-electron chi connectivity index (χ4n) is 3.75. The summed E-state index contributed by atoms with van der Waals surface area (Å²) < 4.78 is 1.24. The third-order valence-corrected chi connectivity index (χ3v) is 6.35. The summed E-state index contributed by atoms with van der Waals surface area (Å²) in [6.07, 6.45) is 3.72.